The fourth-order valence-electron chi connectivity index (χ4n) is 2.16. The zero-order valence-corrected chi connectivity index (χ0v) is 11.9. The van der Waals surface area contributed by atoms with E-state index in [1.807, 2.05) is 36.0 Å². The van der Waals surface area contributed by atoms with Gasteiger partial charge in [-0.2, -0.15) is 5.10 Å². The van der Waals surface area contributed by atoms with Crippen LogP contribution in [0.1, 0.15) is 18.5 Å². The van der Waals surface area contributed by atoms with E-state index >= 15 is 0 Å². The second-order valence-electron chi connectivity index (χ2n) is 4.38. The highest BCUT2D eigenvalue weighted by Crippen LogP contribution is 2.34. The van der Waals surface area contributed by atoms with Crippen LogP contribution in [0.4, 0.5) is 11.4 Å². The first-order valence-corrected chi connectivity index (χ1v) is 6.86. The summed E-state index contributed by atoms with van der Waals surface area (Å²) in [5.74, 6) is -0.0441. The molecule has 2 heterocycles. The number of hydrogen-bond donors (Lipinski definition) is 2. The van der Waals surface area contributed by atoms with Crippen molar-refractivity contribution in [3.63, 3.8) is 0 Å². The van der Waals surface area contributed by atoms with Gasteiger partial charge in [-0.1, -0.05) is 22.0 Å². The highest BCUT2D eigenvalue weighted by molar-refractivity contribution is 9.10. The van der Waals surface area contributed by atoms with Crippen LogP contribution in [0, 0.1) is 0 Å². The number of carbonyl (C=O) groups excluding carboxylic acids is 1. The quantitative estimate of drug-likeness (QED) is 0.914. The van der Waals surface area contributed by atoms with Gasteiger partial charge in [-0.25, -0.2) is 0 Å². The summed E-state index contributed by atoms with van der Waals surface area (Å²) in [7, 11) is 0. The van der Waals surface area contributed by atoms with Crippen molar-refractivity contribution in [2.45, 2.75) is 19.5 Å². The van der Waals surface area contributed by atoms with Gasteiger partial charge in [0.25, 0.3) is 5.91 Å². The number of halogens is 1. The van der Waals surface area contributed by atoms with E-state index < -0.39 is 0 Å². The minimum atomic E-state index is -0.363. The SMILES string of the molecule is CCn1cc(NC2C(=O)Nc3cc(Br)ccc32)cn1. The zero-order chi connectivity index (χ0) is 13.4. The lowest BCUT2D eigenvalue weighted by Gasteiger charge is -2.10. The van der Waals surface area contributed by atoms with E-state index in [0.717, 1.165) is 28.0 Å². The molecule has 0 fully saturated rings. The van der Waals surface area contributed by atoms with Crippen LogP contribution in [-0.2, 0) is 11.3 Å². The average Bonchev–Trinajstić information content (AvgIpc) is 2.95. The Hall–Kier alpha value is -1.82. The molecule has 0 aliphatic carbocycles. The maximum absolute atomic E-state index is 12.0. The molecule has 0 saturated carbocycles. The van der Waals surface area contributed by atoms with Gasteiger partial charge in [0.1, 0.15) is 6.04 Å². The summed E-state index contributed by atoms with van der Waals surface area (Å²) in [6.07, 6.45) is 3.62. The molecule has 1 amide bonds. The fourth-order valence-corrected chi connectivity index (χ4v) is 2.52. The molecule has 1 aliphatic heterocycles. The third-order valence-electron chi connectivity index (χ3n) is 3.11. The first-order valence-electron chi connectivity index (χ1n) is 6.06. The lowest BCUT2D eigenvalue weighted by atomic mass is 10.1. The van der Waals surface area contributed by atoms with Crippen LogP contribution in [-0.4, -0.2) is 15.7 Å². The highest BCUT2D eigenvalue weighted by atomic mass is 79.9. The standard InChI is InChI=1S/C13H13BrN4O/c1-2-18-7-9(6-15-18)16-12-10-4-3-8(14)5-11(10)17-13(12)19/h3-7,12,16H,2H2,1H3,(H,17,19). The minimum absolute atomic E-state index is 0.0441. The highest BCUT2D eigenvalue weighted by Gasteiger charge is 2.30. The number of rotatable bonds is 3. The number of aromatic nitrogens is 2. The van der Waals surface area contributed by atoms with Crippen LogP contribution >= 0.6 is 15.9 Å². The van der Waals surface area contributed by atoms with E-state index in [-0.39, 0.29) is 11.9 Å². The lowest BCUT2D eigenvalue weighted by Crippen LogP contribution is -2.19. The molecule has 1 aromatic heterocycles. The Morgan fingerprint density at radius 3 is 3.11 bits per heavy atom. The Balaban J connectivity index is 1.87. The van der Waals surface area contributed by atoms with Gasteiger partial charge in [-0.3, -0.25) is 9.48 Å². The van der Waals surface area contributed by atoms with Crippen LogP contribution in [0.5, 0.6) is 0 Å². The normalized spacial score (nSPS) is 17.2. The molecule has 0 saturated heterocycles. The van der Waals surface area contributed by atoms with E-state index in [0.29, 0.717) is 0 Å². The number of carbonyl (C=O) groups is 1. The van der Waals surface area contributed by atoms with Crippen molar-refractivity contribution < 1.29 is 4.79 Å². The first-order chi connectivity index (χ1) is 9.17. The van der Waals surface area contributed by atoms with Crippen molar-refractivity contribution in [1.29, 1.82) is 0 Å². The molecule has 1 aromatic carbocycles. The maximum atomic E-state index is 12.0. The maximum Gasteiger partial charge on any atom is 0.251 e. The van der Waals surface area contributed by atoms with E-state index in [2.05, 4.69) is 31.7 Å². The van der Waals surface area contributed by atoms with Crippen molar-refractivity contribution in [3.05, 3.63) is 40.6 Å². The third-order valence-corrected chi connectivity index (χ3v) is 3.61. The molecule has 1 unspecified atom stereocenters. The number of nitrogens with zero attached hydrogens (tertiary/aromatic N) is 2. The van der Waals surface area contributed by atoms with E-state index in [1.165, 1.54) is 0 Å². The molecular weight excluding hydrogens is 308 g/mol. The smallest absolute Gasteiger partial charge is 0.251 e. The monoisotopic (exact) mass is 320 g/mol. The number of fused-ring (bicyclic) bond motifs is 1. The van der Waals surface area contributed by atoms with E-state index in [4.69, 9.17) is 0 Å². The van der Waals surface area contributed by atoms with Gasteiger partial charge in [0, 0.05) is 28.5 Å². The van der Waals surface area contributed by atoms with Crippen molar-refractivity contribution in [3.8, 4) is 0 Å². The molecule has 0 radical (unpaired) electrons. The molecule has 3 rings (SSSR count). The predicted molar refractivity (Wildman–Crippen MR) is 77.0 cm³/mol. The van der Waals surface area contributed by atoms with Crippen LogP contribution in [0.3, 0.4) is 0 Å². The van der Waals surface area contributed by atoms with Crippen molar-refractivity contribution in [2.24, 2.45) is 0 Å². The summed E-state index contributed by atoms with van der Waals surface area (Å²) in [6, 6.07) is 5.42. The number of aryl methyl sites for hydroxylation is 1. The number of anilines is 2. The molecular formula is C13H13BrN4O. The molecule has 98 valence electrons. The molecule has 1 atom stereocenters. The molecule has 1 aliphatic rings. The van der Waals surface area contributed by atoms with Gasteiger partial charge in [0.05, 0.1) is 11.9 Å². The minimum Gasteiger partial charge on any atom is -0.367 e. The van der Waals surface area contributed by atoms with Gasteiger partial charge in [-0.15, -0.1) is 0 Å². The summed E-state index contributed by atoms with van der Waals surface area (Å²) in [4.78, 5) is 12.0. The van der Waals surface area contributed by atoms with Gasteiger partial charge in [0.15, 0.2) is 0 Å². The largest absolute Gasteiger partial charge is 0.367 e. The van der Waals surface area contributed by atoms with E-state index in [1.54, 1.807) is 6.20 Å². The summed E-state index contributed by atoms with van der Waals surface area (Å²) >= 11 is 3.40. The summed E-state index contributed by atoms with van der Waals surface area (Å²) < 4.78 is 2.77. The second-order valence-corrected chi connectivity index (χ2v) is 5.30. The van der Waals surface area contributed by atoms with Gasteiger partial charge < -0.3 is 10.6 Å². The van der Waals surface area contributed by atoms with Crippen molar-refractivity contribution in [2.75, 3.05) is 10.6 Å². The topological polar surface area (TPSA) is 59.0 Å². The van der Waals surface area contributed by atoms with Gasteiger partial charge in [-0.05, 0) is 19.1 Å². The molecule has 5 nitrogen and oxygen atoms in total. The van der Waals surface area contributed by atoms with Crippen molar-refractivity contribution >= 4 is 33.2 Å². The Morgan fingerprint density at radius 1 is 1.53 bits per heavy atom. The Labute approximate surface area is 119 Å². The number of nitrogens with one attached hydrogen (secondary N) is 2. The van der Waals surface area contributed by atoms with Crippen LogP contribution < -0.4 is 10.6 Å². The number of hydrogen-bond acceptors (Lipinski definition) is 3. The van der Waals surface area contributed by atoms with Crippen LogP contribution in [0.2, 0.25) is 0 Å². The molecule has 19 heavy (non-hydrogen) atoms. The Kier molecular flexibility index (Phi) is 3.02. The average molecular weight is 321 g/mol. The number of amides is 1. The molecule has 6 heteroatoms. The Morgan fingerprint density at radius 2 is 2.37 bits per heavy atom. The summed E-state index contributed by atoms with van der Waals surface area (Å²) in [6.45, 7) is 2.83. The second kappa shape index (κ2) is 4.70. The number of benzene rings is 1. The summed E-state index contributed by atoms with van der Waals surface area (Å²) in [5.41, 5.74) is 2.65. The molecule has 2 N–H and O–H groups in total. The zero-order valence-electron chi connectivity index (χ0n) is 10.4. The third kappa shape index (κ3) is 2.23. The van der Waals surface area contributed by atoms with Gasteiger partial charge >= 0.3 is 0 Å². The predicted octanol–water partition coefficient (Wildman–Crippen LogP) is 2.77. The first kappa shape index (κ1) is 12.2. The Bertz CT molecular complexity index is 637. The van der Waals surface area contributed by atoms with E-state index in [9.17, 15) is 4.79 Å². The van der Waals surface area contributed by atoms with Crippen molar-refractivity contribution in [1.82, 2.24) is 9.78 Å². The van der Waals surface area contributed by atoms with Gasteiger partial charge in [0.2, 0.25) is 0 Å². The lowest BCUT2D eigenvalue weighted by molar-refractivity contribution is -0.116. The summed E-state index contributed by atoms with van der Waals surface area (Å²) in [5, 5.41) is 10.3. The molecule has 0 bridgehead atoms. The molecule has 2 aromatic rings. The van der Waals surface area contributed by atoms with Crippen LogP contribution in [0.25, 0.3) is 0 Å². The fraction of sp³-hybridized carbons (Fsp3) is 0.231. The van der Waals surface area contributed by atoms with Crippen LogP contribution in [0.15, 0.2) is 35.1 Å². The molecule has 0 spiro atoms.